The number of ether oxygens (including phenoxy) is 1. The summed E-state index contributed by atoms with van der Waals surface area (Å²) in [6, 6.07) is 1.33. The van der Waals surface area contributed by atoms with E-state index in [0.29, 0.717) is 12.1 Å². The predicted octanol–water partition coefficient (Wildman–Crippen LogP) is 2.07. The zero-order chi connectivity index (χ0) is 15.5. The first kappa shape index (κ1) is 16.6. The highest BCUT2D eigenvalue weighted by Gasteiger charge is 2.32. The van der Waals surface area contributed by atoms with Gasteiger partial charge in [0, 0.05) is 38.8 Å². The number of amides is 1. The van der Waals surface area contributed by atoms with Gasteiger partial charge in [-0.1, -0.05) is 6.42 Å². The molecule has 2 aliphatic rings. The van der Waals surface area contributed by atoms with Gasteiger partial charge in [0.2, 0.25) is 0 Å². The molecular weight excluding hydrogens is 266 g/mol. The Bertz CT molecular complexity index is 350. The Balaban J connectivity index is 1.78. The van der Waals surface area contributed by atoms with Crippen molar-refractivity contribution in [3.63, 3.8) is 0 Å². The van der Waals surface area contributed by atoms with Crippen molar-refractivity contribution in [1.82, 2.24) is 15.1 Å². The molecule has 1 amide bonds. The van der Waals surface area contributed by atoms with E-state index in [1.807, 2.05) is 27.8 Å². The highest BCUT2D eigenvalue weighted by molar-refractivity contribution is 5.67. The lowest BCUT2D eigenvalue weighted by atomic mass is 9.95. The van der Waals surface area contributed by atoms with E-state index in [9.17, 15) is 4.79 Å². The third-order valence-corrected chi connectivity index (χ3v) is 4.40. The van der Waals surface area contributed by atoms with Gasteiger partial charge in [0.1, 0.15) is 5.60 Å². The Kier molecular flexibility index (Phi) is 5.49. The molecule has 0 aliphatic carbocycles. The van der Waals surface area contributed by atoms with E-state index in [-0.39, 0.29) is 6.09 Å². The second-order valence-electron chi connectivity index (χ2n) is 7.39. The SMILES string of the molecule is CN(CCC1CCCCN1C1CNC1)C(=O)OC(C)(C)C. The van der Waals surface area contributed by atoms with Crippen molar-refractivity contribution < 1.29 is 9.53 Å². The van der Waals surface area contributed by atoms with E-state index in [1.165, 1.54) is 25.8 Å². The van der Waals surface area contributed by atoms with Crippen molar-refractivity contribution in [2.75, 3.05) is 33.2 Å². The van der Waals surface area contributed by atoms with Gasteiger partial charge in [-0.15, -0.1) is 0 Å². The Hall–Kier alpha value is -0.810. The summed E-state index contributed by atoms with van der Waals surface area (Å²) in [5.74, 6) is 0. The van der Waals surface area contributed by atoms with Gasteiger partial charge in [-0.3, -0.25) is 4.90 Å². The fourth-order valence-electron chi connectivity index (χ4n) is 3.10. The van der Waals surface area contributed by atoms with Gasteiger partial charge in [0.15, 0.2) is 0 Å². The predicted molar refractivity (Wildman–Crippen MR) is 84.5 cm³/mol. The van der Waals surface area contributed by atoms with Crippen LogP contribution in [-0.2, 0) is 4.74 Å². The van der Waals surface area contributed by atoms with Gasteiger partial charge < -0.3 is 15.0 Å². The minimum atomic E-state index is -0.417. The van der Waals surface area contributed by atoms with Crippen LogP contribution < -0.4 is 5.32 Å². The highest BCUT2D eigenvalue weighted by atomic mass is 16.6. The lowest BCUT2D eigenvalue weighted by Crippen LogP contribution is -2.61. The lowest BCUT2D eigenvalue weighted by Gasteiger charge is -2.45. The van der Waals surface area contributed by atoms with Crippen LogP contribution in [0.15, 0.2) is 0 Å². The van der Waals surface area contributed by atoms with E-state index in [0.717, 1.165) is 26.1 Å². The summed E-state index contributed by atoms with van der Waals surface area (Å²) in [6.45, 7) is 9.96. The maximum absolute atomic E-state index is 12.0. The standard InChI is InChI=1S/C16H31N3O2/c1-16(2,3)21-15(20)18(4)10-8-13-7-5-6-9-19(13)14-11-17-12-14/h13-14,17H,5-12H2,1-4H3. The third kappa shape index (κ3) is 4.85. The van der Waals surface area contributed by atoms with Crippen LogP contribution in [0.4, 0.5) is 4.79 Å². The molecule has 5 nitrogen and oxygen atoms in total. The van der Waals surface area contributed by atoms with Crippen LogP contribution in [-0.4, -0.2) is 66.8 Å². The average Bonchev–Trinajstić information content (AvgIpc) is 2.33. The minimum Gasteiger partial charge on any atom is -0.444 e. The quantitative estimate of drug-likeness (QED) is 0.863. The van der Waals surface area contributed by atoms with Crippen molar-refractivity contribution in [2.24, 2.45) is 0 Å². The molecule has 0 aromatic heterocycles. The second kappa shape index (κ2) is 6.97. The number of nitrogens with zero attached hydrogens (tertiary/aromatic N) is 2. The molecule has 0 saturated carbocycles. The normalized spacial score (nSPS) is 24.5. The van der Waals surface area contributed by atoms with Crippen LogP contribution in [0.1, 0.15) is 46.5 Å². The second-order valence-corrected chi connectivity index (χ2v) is 7.39. The van der Waals surface area contributed by atoms with Crippen molar-refractivity contribution in [3.8, 4) is 0 Å². The fraction of sp³-hybridized carbons (Fsp3) is 0.938. The van der Waals surface area contributed by atoms with Crippen LogP contribution in [0.3, 0.4) is 0 Å². The molecule has 2 aliphatic heterocycles. The summed E-state index contributed by atoms with van der Waals surface area (Å²) >= 11 is 0. The number of nitrogens with one attached hydrogen (secondary N) is 1. The number of carbonyl (C=O) groups is 1. The Labute approximate surface area is 129 Å². The third-order valence-electron chi connectivity index (χ3n) is 4.40. The molecule has 2 saturated heterocycles. The number of rotatable bonds is 4. The number of likely N-dealkylation sites (tertiary alicyclic amines) is 1. The first-order valence-corrected chi connectivity index (χ1v) is 8.27. The highest BCUT2D eigenvalue weighted by Crippen LogP contribution is 2.24. The van der Waals surface area contributed by atoms with Gasteiger partial charge in [-0.25, -0.2) is 4.79 Å². The summed E-state index contributed by atoms with van der Waals surface area (Å²) in [4.78, 5) is 16.4. The summed E-state index contributed by atoms with van der Waals surface area (Å²) in [5, 5.41) is 3.36. The van der Waals surface area contributed by atoms with Gasteiger partial charge in [0.25, 0.3) is 0 Å². The topological polar surface area (TPSA) is 44.8 Å². The summed E-state index contributed by atoms with van der Waals surface area (Å²) in [5.41, 5.74) is -0.417. The smallest absolute Gasteiger partial charge is 0.410 e. The number of hydrogen-bond donors (Lipinski definition) is 1. The molecule has 0 bridgehead atoms. The fourth-order valence-corrected chi connectivity index (χ4v) is 3.10. The van der Waals surface area contributed by atoms with Crippen LogP contribution in [0.25, 0.3) is 0 Å². The zero-order valence-electron chi connectivity index (χ0n) is 14.0. The molecule has 2 heterocycles. The van der Waals surface area contributed by atoms with Gasteiger partial charge in [-0.2, -0.15) is 0 Å². The number of hydrogen-bond acceptors (Lipinski definition) is 4. The minimum absolute atomic E-state index is 0.213. The molecular formula is C16H31N3O2. The average molecular weight is 297 g/mol. The van der Waals surface area contributed by atoms with Gasteiger partial charge >= 0.3 is 6.09 Å². The summed E-state index contributed by atoms with van der Waals surface area (Å²) in [7, 11) is 1.84. The Morgan fingerprint density at radius 2 is 2.05 bits per heavy atom. The van der Waals surface area contributed by atoms with E-state index in [2.05, 4.69) is 10.2 Å². The number of piperidine rings is 1. The Morgan fingerprint density at radius 1 is 1.33 bits per heavy atom. The first-order chi connectivity index (χ1) is 9.87. The molecule has 1 atom stereocenters. The molecule has 122 valence electrons. The van der Waals surface area contributed by atoms with E-state index in [1.54, 1.807) is 4.90 Å². The maximum Gasteiger partial charge on any atom is 0.410 e. The largest absolute Gasteiger partial charge is 0.444 e. The molecule has 21 heavy (non-hydrogen) atoms. The molecule has 1 unspecified atom stereocenters. The van der Waals surface area contributed by atoms with Crippen molar-refractivity contribution in [1.29, 1.82) is 0 Å². The molecule has 5 heteroatoms. The van der Waals surface area contributed by atoms with E-state index in [4.69, 9.17) is 4.74 Å². The van der Waals surface area contributed by atoms with Crippen LogP contribution >= 0.6 is 0 Å². The summed E-state index contributed by atoms with van der Waals surface area (Å²) in [6.07, 6.45) is 4.73. The molecule has 0 radical (unpaired) electrons. The van der Waals surface area contributed by atoms with E-state index >= 15 is 0 Å². The van der Waals surface area contributed by atoms with E-state index < -0.39 is 5.60 Å². The Morgan fingerprint density at radius 3 is 2.62 bits per heavy atom. The van der Waals surface area contributed by atoms with Gasteiger partial charge in [0.05, 0.1) is 0 Å². The molecule has 0 spiro atoms. The molecule has 2 fully saturated rings. The molecule has 0 aromatic rings. The monoisotopic (exact) mass is 297 g/mol. The summed E-state index contributed by atoms with van der Waals surface area (Å²) < 4.78 is 5.41. The van der Waals surface area contributed by atoms with Gasteiger partial charge in [-0.05, 0) is 46.6 Å². The molecule has 1 N–H and O–H groups in total. The van der Waals surface area contributed by atoms with Crippen LogP contribution in [0, 0.1) is 0 Å². The molecule has 2 rings (SSSR count). The van der Waals surface area contributed by atoms with Crippen molar-refractivity contribution in [2.45, 2.75) is 64.1 Å². The van der Waals surface area contributed by atoms with Crippen molar-refractivity contribution >= 4 is 6.09 Å². The first-order valence-electron chi connectivity index (χ1n) is 8.27. The number of carbonyl (C=O) groups excluding carboxylic acids is 1. The van der Waals surface area contributed by atoms with Crippen LogP contribution in [0.2, 0.25) is 0 Å². The molecule has 0 aromatic carbocycles. The maximum atomic E-state index is 12.0. The zero-order valence-corrected chi connectivity index (χ0v) is 14.0. The lowest BCUT2D eigenvalue weighted by molar-refractivity contribution is 0.0237. The van der Waals surface area contributed by atoms with Crippen molar-refractivity contribution in [3.05, 3.63) is 0 Å². The van der Waals surface area contributed by atoms with Crippen LogP contribution in [0.5, 0.6) is 0 Å².